The van der Waals surface area contributed by atoms with E-state index >= 15 is 0 Å². The molecule has 2 aliphatic heterocycles. The van der Waals surface area contributed by atoms with E-state index in [0.717, 1.165) is 32.6 Å². The number of ether oxygens (including phenoxy) is 2. The summed E-state index contributed by atoms with van der Waals surface area (Å²) in [6.07, 6.45) is 5.29. The molecule has 2 heterocycles. The number of rotatable bonds is 2. The van der Waals surface area contributed by atoms with Gasteiger partial charge in [-0.3, -0.25) is 5.32 Å². The summed E-state index contributed by atoms with van der Waals surface area (Å²) in [6.45, 7) is 2.94. The van der Waals surface area contributed by atoms with Crippen molar-refractivity contribution in [1.29, 1.82) is 0 Å². The van der Waals surface area contributed by atoms with Gasteiger partial charge in [-0.1, -0.05) is 0 Å². The van der Waals surface area contributed by atoms with Gasteiger partial charge in [-0.05, 0) is 25.8 Å². The molecule has 70 valence electrons. The quantitative estimate of drug-likeness (QED) is 0.669. The number of nitrogens with one attached hydrogen (secondary N) is 1. The first-order valence-corrected chi connectivity index (χ1v) is 4.92. The van der Waals surface area contributed by atoms with Crippen LogP contribution in [-0.2, 0) is 9.47 Å². The summed E-state index contributed by atoms with van der Waals surface area (Å²) in [5, 5.41) is 3.34. The van der Waals surface area contributed by atoms with E-state index in [1.165, 1.54) is 12.8 Å². The summed E-state index contributed by atoms with van der Waals surface area (Å²) in [7, 11) is 0. The van der Waals surface area contributed by atoms with Crippen molar-refractivity contribution in [2.24, 2.45) is 0 Å². The van der Waals surface area contributed by atoms with Crippen LogP contribution in [0.25, 0.3) is 0 Å². The van der Waals surface area contributed by atoms with Crippen molar-refractivity contribution in [2.75, 3.05) is 19.8 Å². The largest absolute Gasteiger partial charge is 0.378 e. The lowest BCUT2D eigenvalue weighted by Crippen LogP contribution is -2.40. The predicted octanol–water partition coefficient (Wildman–Crippen LogP) is 0.891. The van der Waals surface area contributed by atoms with Crippen LogP contribution in [0.2, 0.25) is 0 Å². The summed E-state index contributed by atoms with van der Waals surface area (Å²) in [4.78, 5) is 0. The van der Waals surface area contributed by atoms with Crippen molar-refractivity contribution < 1.29 is 9.47 Å². The average molecular weight is 171 g/mol. The van der Waals surface area contributed by atoms with Crippen molar-refractivity contribution in [1.82, 2.24) is 5.32 Å². The summed E-state index contributed by atoms with van der Waals surface area (Å²) >= 11 is 0. The average Bonchev–Trinajstić information content (AvgIpc) is 2.59. The standard InChI is InChI=1S/C9H17NO2/c1-3-8(11-5-1)7-9-10-4-2-6-12-9/h8-10H,1-7H2. The van der Waals surface area contributed by atoms with Crippen molar-refractivity contribution in [3.05, 3.63) is 0 Å². The fraction of sp³-hybridized carbons (Fsp3) is 1.00. The molecule has 0 amide bonds. The van der Waals surface area contributed by atoms with Crippen molar-refractivity contribution in [3.8, 4) is 0 Å². The normalized spacial score (nSPS) is 37.0. The first-order valence-electron chi connectivity index (χ1n) is 4.92. The molecule has 2 fully saturated rings. The molecule has 1 N–H and O–H groups in total. The third-order valence-corrected chi connectivity index (χ3v) is 2.51. The molecular weight excluding hydrogens is 154 g/mol. The molecule has 0 aromatic heterocycles. The van der Waals surface area contributed by atoms with E-state index in [2.05, 4.69) is 5.32 Å². The lowest BCUT2D eigenvalue weighted by Gasteiger charge is -2.26. The predicted molar refractivity (Wildman–Crippen MR) is 46.0 cm³/mol. The van der Waals surface area contributed by atoms with Crippen LogP contribution in [0.5, 0.6) is 0 Å². The summed E-state index contributed by atoms with van der Waals surface area (Å²) < 4.78 is 11.1. The highest BCUT2D eigenvalue weighted by molar-refractivity contribution is 4.71. The summed E-state index contributed by atoms with van der Waals surface area (Å²) in [5.74, 6) is 0. The fourth-order valence-electron chi connectivity index (χ4n) is 1.84. The maximum absolute atomic E-state index is 5.55. The van der Waals surface area contributed by atoms with E-state index in [0.29, 0.717) is 6.10 Å². The van der Waals surface area contributed by atoms with E-state index in [4.69, 9.17) is 9.47 Å². The maximum atomic E-state index is 5.55. The fourth-order valence-corrected chi connectivity index (χ4v) is 1.84. The topological polar surface area (TPSA) is 30.5 Å². The summed E-state index contributed by atoms with van der Waals surface area (Å²) in [6, 6.07) is 0. The van der Waals surface area contributed by atoms with E-state index in [-0.39, 0.29) is 6.23 Å². The van der Waals surface area contributed by atoms with Crippen LogP contribution in [0, 0.1) is 0 Å². The van der Waals surface area contributed by atoms with Gasteiger partial charge < -0.3 is 9.47 Å². The SMILES string of the molecule is C1CNC(CC2CCCO2)OC1. The lowest BCUT2D eigenvalue weighted by atomic mass is 10.1. The highest BCUT2D eigenvalue weighted by atomic mass is 16.5. The van der Waals surface area contributed by atoms with Gasteiger partial charge in [0.15, 0.2) is 0 Å². The molecule has 2 aliphatic rings. The second-order valence-electron chi connectivity index (χ2n) is 3.54. The Hall–Kier alpha value is -0.120. The molecular formula is C9H17NO2. The second kappa shape index (κ2) is 4.21. The van der Waals surface area contributed by atoms with E-state index < -0.39 is 0 Å². The smallest absolute Gasteiger partial charge is 0.110 e. The molecule has 3 heteroatoms. The zero-order valence-corrected chi connectivity index (χ0v) is 7.42. The van der Waals surface area contributed by atoms with Crippen LogP contribution in [0.1, 0.15) is 25.7 Å². The molecule has 2 rings (SSSR count). The molecule has 0 bridgehead atoms. The molecule has 2 saturated heterocycles. The Morgan fingerprint density at radius 1 is 1.17 bits per heavy atom. The molecule has 0 aliphatic carbocycles. The Kier molecular flexibility index (Phi) is 2.98. The van der Waals surface area contributed by atoms with Gasteiger partial charge in [-0.15, -0.1) is 0 Å². The van der Waals surface area contributed by atoms with Gasteiger partial charge >= 0.3 is 0 Å². The molecule has 12 heavy (non-hydrogen) atoms. The van der Waals surface area contributed by atoms with Crippen LogP contribution in [0.4, 0.5) is 0 Å². The van der Waals surface area contributed by atoms with Crippen molar-refractivity contribution >= 4 is 0 Å². The lowest BCUT2D eigenvalue weighted by molar-refractivity contribution is -0.0333. The van der Waals surface area contributed by atoms with Crippen LogP contribution >= 0.6 is 0 Å². The number of hydrogen-bond acceptors (Lipinski definition) is 3. The van der Waals surface area contributed by atoms with E-state index in [1.54, 1.807) is 0 Å². The molecule has 0 spiro atoms. The minimum atomic E-state index is 0.252. The highest BCUT2D eigenvalue weighted by Crippen LogP contribution is 2.18. The van der Waals surface area contributed by atoms with Crippen LogP contribution in [0.15, 0.2) is 0 Å². The zero-order chi connectivity index (χ0) is 8.23. The highest BCUT2D eigenvalue weighted by Gasteiger charge is 2.22. The van der Waals surface area contributed by atoms with Gasteiger partial charge in [0, 0.05) is 19.6 Å². The van der Waals surface area contributed by atoms with Gasteiger partial charge in [0.05, 0.1) is 6.10 Å². The van der Waals surface area contributed by atoms with Crippen LogP contribution in [-0.4, -0.2) is 32.1 Å². The van der Waals surface area contributed by atoms with Crippen molar-refractivity contribution in [3.63, 3.8) is 0 Å². The summed E-state index contributed by atoms with van der Waals surface area (Å²) in [5.41, 5.74) is 0. The Balaban J connectivity index is 1.69. The third-order valence-electron chi connectivity index (χ3n) is 2.51. The molecule has 0 saturated carbocycles. The monoisotopic (exact) mass is 171 g/mol. The zero-order valence-electron chi connectivity index (χ0n) is 7.42. The van der Waals surface area contributed by atoms with E-state index in [9.17, 15) is 0 Å². The molecule has 3 nitrogen and oxygen atoms in total. The molecule has 2 unspecified atom stereocenters. The Bertz CT molecular complexity index is 128. The van der Waals surface area contributed by atoms with Crippen LogP contribution in [0.3, 0.4) is 0 Å². The van der Waals surface area contributed by atoms with Gasteiger partial charge in [-0.2, -0.15) is 0 Å². The maximum Gasteiger partial charge on any atom is 0.110 e. The van der Waals surface area contributed by atoms with Crippen molar-refractivity contribution in [2.45, 2.75) is 38.0 Å². The third kappa shape index (κ3) is 2.19. The Labute approximate surface area is 73.4 Å². The van der Waals surface area contributed by atoms with Gasteiger partial charge in [-0.25, -0.2) is 0 Å². The minimum Gasteiger partial charge on any atom is -0.378 e. The molecule has 0 aromatic rings. The van der Waals surface area contributed by atoms with Gasteiger partial charge in [0.1, 0.15) is 6.23 Å². The number of hydrogen-bond donors (Lipinski definition) is 1. The molecule has 0 radical (unpaired) electrons. The Morgan fingerprint density at radius 3 is 2.75 bits per heavy atom. The molecule has 2 atom stereocenters. The van der Waals surface area contributed by atoms with Gasteiger partial charge in [0.2, 0.25) is 0 Å². The van der Waals surface area contributed by atoms with Crippen LogP contribution < -0.4 is 5.32 Å². The second-order valence-corrected chi connectivity index (χ2v) is 3.54. The molecule has 0 aromatic carbocycles. The Morgan fingerprint density at radius 2 is 2.08 bits per heavy atom. The van der Waals surface area contributed by atoms with E-state index in [1.807, 2.05) is 0 Å². The first-order chi connectivity index (χ1) is 5.95. The first kappa shape index (κ1) is 8.48. The van der Waals surface area contributed by atoms with Gasteiger partial charge in [0.25, 0.3) is 0 Å². The minimum absolute atomic E-state index is 0.252.